The molecule has 0 aromatic heterocycles. The first kappa shape index (κ1) is 21.8. The smallest absolute Gasteiger partial charge is 0.304 e. The summed E-state index contributed by atoms with van der Waals surface area (Å²) in [5.74, 6) is -0.942. The monoisotopic (exact) mass is 407 g/mol. The lowest BCUT2D eigenvalue weighted by molar-refractivity contribution is -0.120. The van der Waals surface area contributed by atoms with Crippen LogP contribution in [-0.4, -0.2) is 39.3 Å². The third kappa shape index (κ3) is 5.08. The number of nitrogens with one attached hydrogen (secondary N) is 1. The first-order valence-electron chi connectivity index (χ1n) is 8.84. The number of halogens is 1. The molecular weight excluding hydrogens is 381 g/mol. The number of rotatable bonds is 7. The lowest BCUT2D eigenvalue weighted by Gasteiger charge is -2.27. The number of carbonyl (C=O) groups excluding carboxylic acids is 1. The highest BCUT2D eigenvalue weighted by atomic mass is 32.2. The predicted molar refractivity (Wildman–Crippen MR) is 109 cm³/mol. The Morgan fingerprint density at radius 2 is 1.71 bits per heavy atom. The molecular formula is C20H26FN3O3S. The molecule has 2 rings (SSSR count). The SMILES string of the molecule is Cc1ccc(C)c(C(C)NC(=O)CN(c2ccc(F)cc2)S(=O)(=O)N(C)C)c1. The van der Waals surface area contributed by atoms with E-state index in [4.69, 9.17) is 0 Å². The van der Waals surface area contributed by atoms with Crippen molar-refractivity contribution in [1.29, 1.82) is 0 Å². The normalized spacial score (nSPS) is 12.7. The Balaban J connectivity index is 2.25. The summed E-state index contributed by atoms with van der Waals surface area (Å²) in [7, 11) is -1.18. The van der Waals surface area contributed by atoms with E-state index in [1.165, 1.54) is 26.2 Å². The molecule has 152 valence electrons. The van der Waals surface area contributed by atoms with Gasteiger partial charge in [0.2, 0.25) is 5.91 Å². The van der Waals surface area contributed by atoms with Crippen LogP contribution in [-0.2, 0) is 15.0 Å². The van der Waals surface area contributed by atoms with E-state index in [1.54, 1.807) is 0 Å². The maximum absolute atomic E-state index is 13.2. The van der Waals surface area contributed by atoms with Crippen LogP contribution in [0.2, 0.25) is 0 Å². The molecule has 8 heteroatoms. The highest BCUT2D eigenvalue weighted by Gasteiger charge is 2.28. The van der Waals surface area contributed by atoms with Gasteiger partial charge in [-0.05, 0) is 56.2 Å². The molecule has 0 heterocycles. The summed E-state index contributed by atoms with van der Waals surface area (Å²) >= 11 is 0. The zero-order valence-electron chi connectivity index (χ0n) is 16.7. The fourth-order valence-electron chi connectivity index (χ4n) is 2.83. The summed E-state index contributed by atoms with van der Waals surface area (Å²) in [6.07, 6.45) is 0. The van der Waals surface area contributed by atoms with Crippen molar-refractivity contribution >= 4 is 21.8 Å². The minimum atomic E-state index is -3.93. The molecule has 1 N–H and O–H groups in total. The van der Waals surface area contributed by atoms with E-state index in [0.717, 1.165) is 37.4 Å². The van der Waals surface area contributed by atoms with Gasteiger partial charge < -0.3 is 5.32 Å². The highest BCUT2D eigenvalue weighted by molar-refractivity contribution is 7.90. The number of carbonyl (C=O) groups is 1. The summed E-state index contributed by atoms with van der Waals surface area (Å²) in [6.45, 7) is 5.36. The van der Waals surface area contributed by atoms with Gasteiger partial charge in [-0.25, -0.2) is 8.70 Å². The summed E-state index contributed by atoms with van der Waals surface area (Å²) in [5, 5.41) is 2.85. The summed E-state index contributed by atoms with van der Waals surface area (Å²) < 4.78 is 40.6. The first-order chi connectivity index (χ1) is 13.0. The number of amides is 1. The number of benzene rings is 2. The molecule has 2 aromatic carbocycles. The minimum Gasteiger partial charge on any atom is -0.348 e. The fourth-order valence-corrected chi connectivity index (χ4v) is 3.90. The van der Waals surface area contributed by atoms with Crippen LogP contribution in [0.1, 0.15) is 29.7 Å². The van der Waals surface area contributed by atoms with Crippen molar-refractivity contribution < 1.29 is 17.6 Å². The Kier molecular flexibility index (Phi) is 6.79. The number of anilines is 1. The third-order valence-electron chi connectivity index (χ3n) is 4.42. The van der Waals surface area contributed by atoms with E-state index < -0.39 is 28.5 Å². The van der Waals surface area contributed by atoms with Crippen LogP contribution in [0.15, 0.2) is 42.5 Å². The van der Waals surface area contributed by atoms with Crippen molar-refractivity contribution in [3.63, 3.8) is 0 Å². The Hall–Kier alpha value is -2.45. The average molecular weight is 408 g/mol. The molecule has 1 unspecified atom stereocenters. The molecule has 0 radical (unpaired) electrons. The zero-order chi connectivity index (χ0) is 21.1. The molecule has 2 aromatic rings. The Labute approximate surface area is 166 Å². The number of nitrogens with zero attached hydrogens (tertiary/aromatic N) is 2. The molecule has 6 nitrogen and oxygen atoms in total. The van der Waals surface area contributed by atoms with Gasteiger partial charge in [-0.3, -0.25) is 4.79 Å². The van der Waals surface area contributed by atoms with Crippen molar-refractivity contribution in [3.8, 4) is 0 Å². The Morgan fingerprint density at radius 3 is 2.29 bits per heavy atom. The fraction of sp³-hybridized carbons (Fsp3) is 0.350. The van der Waals surface area contributed by atoms with Gasteiger partial charge in [0.1, 0.15) is 12.4 Å². The summed E-state index contributed by atoms with van der Waals surface area (Å²) in [6, 6.07) is 10.7. The molecule has 1 amide bonds. The van der Waals surface area contributed by atoms with E-state index in [-0.39, 0.29) is 11.7 Å². The average Bonchev–Trinajstić information content (AvgIpc) is 2.62. The van der Waals surface area contributed by atoms with Crippen LogP contribution in [0.3, 0.4) is 0 Å². The maximum Gasteiger partial charge on any atom is 0.304 e. The van der Waals surface area contributed by atoms with E-state index in [2.05, 4.69) is 5.32 Å². The van der Waals surface area contributed by atoms with Crippen molar-refractivity contribution in [2.45, 2.75) is 26.8 Å². The van der Waals surface area contributed by atoms with Crippen LogP contribution in [0.5, 0.6) is 0 Å². The second-order valence-corrected chi connectivity index (χ2v) is 8.99. The molecule has 0 aliphatic heterocycles. The van der Waals surface area contributed by atoms with Gasteiger partial charge in [0, 0.05) is 14.1 Å². The van der Waals surface area contributed by atoms with Crippen molar-refractivity contribution in [2.24, 2.45) is 0 Å². The van der Waals surface area contributed by atoms with Gasteiger partial charge in [0.05, 0.1) is 11.7 Å². The predicted octanol–water partition coefficient (Wildman–Crippen LogP) is 2.93. The van der Waals surface area contributed by atoms with E-state index in [0.29, 0.717) is 0 Å². The van der Waals surface area contributed by atoms with Crippen LogP contribution >= 0.6 is 0 Å². The van der Waals surface area contributed by atoms with Crippen molar-refractivity contribution in [1.82, 2.24) is 9.62 Å². The molecule has 0 fully saturated rings. The molecule has 0 aliphatic rings. The molecule has 0 aliphatic carbocycles. The maximum atomic E-state index is 13.2. The van der Waals surface area contributed by atoms with Gasteiger partial charge in [0.25, 0.3) is 0 Å². The van der Waals surface area contributed by atoms with Crippen LogP contribution < -0.4 is 9.62 Å². The molecule has 0 bridgehead atoms. The topological polar surface area (TPSA) is 69.7 Å². The lowest BCUT2D eigenvalue weighted by atomic mass is 10.00. The van der Waals surface area contributed by atoms with E-state index in [1.807, 2.05) is 39.0 Å². The van der Waals surface area contributed by atoms with Gasteiger partial charge in [0.15, 0.2) is 0 Å². The van der Waals surface area contributed by atoms with Crippen molar-refractivity contribution in [3.05, 3.63) is 65.0 Å². The largest absolute Gasteiger partial charge is 0.348 e. The Bertz CT molecular complexity index is 944. The van der Waals surface area contributed by atoms with Gasteiger partial charge in [-0.15, -0.1) is 0 Å². The Morgan fingerprint density at radius 1 is 1.11 bits per heavy atom. The number of aryl methyl sites for hydroxylation is 2. The molecule has 28 heavy (non-hydrogen) atoms. The molecule has 0 saturated heterocycles. The zero-order valence-corrected chi connectivity index (χ0v) is 17.5. The second-order valence-electron chi connectivity index (χ2n) is 6.92. The van der Waals surface area contributed by atoms with E-state index >= 15 is 0 Å². The summed E-state index contributed by atoms with van der Waals surface area (Å²) in [5.41, 5.74) is 3.29. The van der Waals surface area contributed by atoms with E-state index in [9.17, 15) is 17.6 Å². The van der Waals surface area contributed by atoms with Crippen LogP contribution in [0.4, 0.5) is 10.1 Å². The van der Waals surface area contributed by atoms with Crippen LogP contribution in [0.25, 0.3) is 0 Å². The van der Waals surface area contributed by atoms with Crippen molar-refractivity contribution in [2.75, 3.05) is 24.9 Å². The van der Waals surface area contributed by atoms with Gasteiger partial charge >= 0.3 is 10.2 Å². The van der Waals surface area contributed by atoms with Gasteiger partial charge in [-0.1, -0.05) is 23.8 Å². The third-order valence-corrected chi connectivity index (χ3v) is 6.24. The number of hydrogen-bond donors (Lipinski definition) is 1. The quantitative estimate of drug-likeness (QED) is 0.767. The molecule has 0 saturated carbocycles. The second kappa shape index (κ2) is 8.70. The van der Waals surface area contributed by atoms with Gasteiger partial charge in [-0.2, -0.15) is 12.7 Å². The standard InChI is InChI=1S/C20H26FN3O3S/c1-14-6-7-15(2)19(12-14)16(3)22-20(25)13-24(28(26,27)23(4)5)18-10-8-17(21)9-11-18/h6-12,16H,13H2,1-5H3,(H,22,25). The lowest BCUT2D eigenvalue weighted by Crippen LogP contribution is -2.46. The number of hydrogen-bond acceptors (Lipinski definition) is 3. The first-order valence-corrected chi connectivity index (χ1v) is 10.2. The highest BCUT2D eigenvalue weighted by Crippen LogP contribution is 2.21. The minimum absolute atomic E-state index is 0.213. The summed E-state index contributed by atoms with van der Waals surface area (Å²) in [4.78, 5) is 12.6. The molecule has 1 atom stereocenters. The van der Waals surface area contributed by atoms with Crippen LogP contribution in [0, 0.1) is 19.7 Å². The molecule has 0 spiro atoms.